The second-order valence-corrected chi connectivity index (χ2v) is 7.79. The smallest absolute Gasteiger partial charge is 0.250 e. The number of benzene rings is 1. The average Bonchev–Trinajstić information content (AvgIpc) is 3.07. The van der Waals surface area contributed by atoms with Gasteiger partial charge in [-0.25, -0.2) is 8.42 Å². The van der Waals surface area contributed by atoms with Crippen molar-refractivity contribution in [3.05, 3.63) is 54.2 Å². The molecule has 0 atom stereocenters. The molecular weight excluding hydrogens is 366 g/mol. The topological polar surface area (TPSA) is 107 Å². The minimum Gasteiger partial charge on any atom is -0.326 e. The fourth-order valence-corrected chi connectivity index (χ4v) is 4.18. The maximum Gasteiger partial charge on any atom is 0.250 e. The van der Waals surface area contributed by atoms with Gasteiger partial charge < -0.3 is 5.32 Å². The third-order valence-electron chi connectivity index (χ3n) is 3.81. The number of carbonyl (C=O) groups excluding carboxylic acids is 1. The summed E-state index contributed by atoms with van der Waals surface area (Å²) in [6.45, 7) is 3.61. The number of rotatable bonds is 6. The lowest BCUT2D eigenvalue weighted by Crippen LogP contribution is -2.13. The van der Waals surface area contributed by atoms with Gasteiger partial charge in [-0.2, -0.15) is 0 Å². The number of carbonyl (C=O) groups is 1. The number of pyridine rings is 1. The summed E-state index contributed by atoms with van der Waals surface area (Å²) >= 11 is 0. The second kappa shape index (κ2) is 7.67. The molecule has 3 aromatic rings. The molecule has 3 rings (SSSR count). The zero-order valence-electron chi connectivity index (χ0n) is 15.0. The molecule has 2 aromatic heterocycles. The molecule has 0 radical (unpaired) electrons. The van der Waals surface area contributed by atoms with E-state index in [2.05, 4.69) is 20.5 Å². The Labute approximate surface area is 157 Å². The van der Waals surface area contributed by atoms with Gasteiger partial charge in [-0.05, 0) is 36.8 Å². The van der Waals surface area contributed by atoms with E-state index in [-0.39, 0.29) is 16.8 Å². The lowest BCUT2D eigenvalue weighted by Gasteiger charge is -2.09. The first-order chi connectivity index (χ1) is 12.9. The Morgan fingerprint density at radius 1 is 1.15 bits per heavy atom. The quantitative estimate of drug-likeness (QED) is 0.698. The average molecular weight is 385 g/mol. The van der Waals surface area contributed by atoms with Gasteiger partial charge in [0.05, 0.1) is 5.75 Å². The summed E-state index contributed by atoms with van der Waals surface area (Å²) < 4.78 is 27.4. The van der Waals surface area contributed by atoms with Crippen molar-refractivity contribution in [3.8, 4) is 11.5 Å². The van der Waals surface area contributed by atoms with Gasteiger partial charge in [0.2, 0.25) is 20.9 Å². The standard InChI is InChI=1S/C18H19N5O3S/c1-3-23-17(16-9-4-5-10-19-16)21-22-18(23)27(25,26)12-14-7-6-8-15(11-14)20-13(2)24/h4-11H,3,12H2,1-2H3,(H,20,24). The van der Waals surface area contributed by atoms with E-state index in [1.54, 1.807) is 48.7 Å². The summed E-state index contributed by atoms with van der Waals surface area (Å²) in [7, 11) is -3.74. The third kappa shape index (κ3) is 4.20. The molecule has 0 saturated heterocycles. The van der Waals surface area contributed by atoms with Crippen molar-refractivity contribution < 1.29 is 13.2 Å². The molecular formula is C18H19N5O3S. The van der Waals surface area contributed by atoms with Crippen LogP contribution in [0.15, 0.2) is 53.8 Å². The first kappa shape index (κ1) is 18.7. The number of nitrogens with zero attached hydrogens (tertiary/aromatic N) is 4. The van der Waals surface area contributed by atoms with E-state index < -0.39 is 9.84 Å². The first-order valence-corrected chi connectivity index (χ1v) is 10.00. The van der Waals surface area contributed by atoms with Gasteiger partial charge in [-0.3, -0.25) is 14.3 Å². The number of anilines is 1. The van der Waals surface area contributed by atoms with Crippen molar-refractivity contribution in [2.45, 2.75) is 31.3 Å². The lowest BCUT2D eigenvalue weighted by molar-refractivity contribution is -0.114. The van der Waals surface area contributed by atoms with Crippen LogP contribution < -0.4 is 5.32 Å². The number of hydrogen-bond donors (Lipinski definition) is 1. The van der Waals surface area contributed by atoms with Gasteiger partial charge in [-0.15, -0.1) is 10.2 Å². The molecule has 0 aliphatic carbocycles. The Bertz CT molecular complexity index is 1060. The van der Waals surface area contributed by atoms with Crippen molar-refractivity contribution in [3.63, 3.8) is 0 Å². The van der Waals surface area contributed by atoms with E-state index in [0.717, 1.165) is 0 Å². The number of nitrogens with one attached hydrogen (secondary N) is 1. The normalized spacial score (nSPS) is 11.3. The molecule has 140 valence electrons. The van der Waals surface area contributed by atoms with Gasteiger partial charge in [-0.1, -0.05) is 18.2 Å². The Hall–Kier alpha value is -3.07. The summed E-state index contributed by atoms with van der Waals surface area (Å²) in [5, 5.41) is 10.5. The van der Waals surface area contributed by atoms with E-state index in [1.165, 1.54) is 11.5 Å². The molecule has 1 N–H and O–H groups in total. The summed E-state index contributed by atoms with van der Waals surface area (Å²) in [6.07, 6.45) is 1.62. The highest BCUT2D eigenvalue weighted by molar-refractivity contribution is 7.90. The molecule has 0 aliphatic heterocycles. The van der Waals surface area contributed by atoms with Crippen molar-refractivity contribution in [1.82, 2.24) is 19.7 Å². The van der Waals surface area contributed by atoms with E-state index in [9.17, 15) is 13.2 Å². The molecule has 27 heavy (non-hydrogen) atoms. The SMILES string of the molecule is CCn1c(-c2ccccn2)nnc1S(=O)(=O)Cc1cccc(NC(C)=O)c1. The van der Waals surface area contributed by atoms with Crippen LogP contribution in [0, 0.1) is 0 Å². The largest absolute Gasteiger partial charge is 0.326 e. The Morgan fingerprint density at radius 2 is 1.96 bits per heavy atom. The van der Waals surface area contributed by atoms with E-state index in [1.807, 2.05) is 6.92 Å². The predicted molar refractivity (Wildman–Crippen MR) is 101 cm³/mol. The molecule has 0 fully saturated rings. The highest BCUT2D eigenvalue weighted by Gasteiger charge is 2.25. The Kier molecular flexibility index (Phi) is 5.31. The zero-order valence-corrected chi connectivity index (χ0v) is 15.8. The van der Waals surface area contributed by atoms with E-state index in [0.29, 0.717) is 29.3 Å². The lowest BCUT2D eigenvalue weighted by atomic mass is 10.2. The van der Waals surface area contributed by atoms with Crippen molar-refractivity contribution in [1.29, 1.82) is 0 Å². The number of hydrogen-bond acceptors (Lipinski definition) is 6. The molecule has 0 saturated carbocycles. The highest BCUT2D eigenvalue weighted by Crippen LogP contribution is 2.22. The van der Waals surface area contributed by atoms with Gasteiger partial charge in [0.15, 0.2) is 5.82 Å². The van der Waals surface area contributed by atoms with Gasteiger partial charge >= 0.3 is 0 Å². The molecule has 9 heteroatoms. The van der Waals surface area contributed by atoms with Gasteiger partial charge in [0.1, 0.15) is 5.69 Å². The van der Waals surface area contributed by atoms with Crippen LogP contribution >= 0.6 is 0 Å². The van der Waals surface area contributed by atoms with Crippen LogP contribution in [0.4, 0.5) is 5.69 Å². The molecule has 2 heterocycles. The first-order valence-electron chi connectivity index (χ1n) is 8.34. The Morgan fingerprint density at radius 3 is 2.63 bits per heavy atom. The van der Waals surface area contributed by atoms with Crippen molar-refractivity contribution in [2.75, 3.05) is 5.32 Å². The number of aromatic nitrogens is 4. The summed E-state index contributed by atoms with van der Waals surface area (Å²) in [4.78, 5) is 15.4. The maximum atomic E-state index is 12.9. The maximum absolute atomic E-state index is 12.9. The molecule has 0 spiro atoms. The zero-order chi connectivity index (χ0) is 19.4. The van der Waals surface area contributed by atoms with Gasteiger partial charge in [0.25, 0.3) is 0 Å². The monoisotopic (exact) mass is 385 g/mol. The number of sulfone groups is 1. The van der Waals surface area contributed by atoms with Gasteiger partial charge in [0, 0.05) is 25.4 Å². The molecule has 8 nitrogen and oxygen atoms in total. The molecule has 0 bridgehead atoms. The van der Waals surface area contributed by atoms with Crippen LogP contribution in [0.2, 0.25) is 0 Å². The Balaban J connectivity index is 1.94. The summed E-state index contributed by atoms with van der Waals surface area (Å²) in [6, 6.07) is 12.0. The second-order valence-electron chi connectivity index (χ2n) is 5.91. The highest BCUT2D eigenvalue weighted by atomic mass is 32.2. The van der Waals surface area contributed by atoms with Crippen LogP contribution in [-0.2, 0) is 26.9 Å². The number of amides is 1. The summed E-state index contributed by atoms with van der Waals surface area (Å²) in [5.41, 5.74) is 1.65. The molecule has 0 aliphatic rings. The third-order valence-corrected chi connectivity index (χ3v) is 5.38. The fourth-order valence-electron chi connectivity index (χ4n) is 2.71. The summed E-state index contributed by atoms with van der Waals surface area (Å²) in [5.74, 6) is -0.0646. The van der Waals surface area contributed by atoms with Crippen LogP contribution in [0.3, 0.4) is 0 Å². The van der Waals surface area contributed by atoms with Crippen LogP contribution in [0.5, 0.6) is 0 Å². The van der Waals surface area contributed by atoms with E-state index in [4.69, 9.17) is 0 Å². The van der Waals surface area contributed by atoms with Crippen LogP contribution in [0.25, 0.3) is 11.5 Å². The van der Waals surface area contributed by atoms with Crippen LogP contribution in [0.1, 0.15) is 19.4 Å². The fraction of sp³-hybridized carbons (Fsp3) is 0.222. The molecule has 1 aromatic carbocycles. The minimum atomic E-state index is -3.74. The van der Waals surface area contributed by atoms with E-state index >= 15 is 0 Å². The van der Waals surface area contributed by atoms with Crippen molar-refractivity contribution in [2.24, 2.45) is 0 Å². The van der Waals surface area contributed by atoms with Crippen molar-refractivity contribution >= 4 is 21.4 Å². The predicted octanol–water partition coefficient (Wildman–Crippen LogP) is 2.29. The minimum absolute atomic E-state index is 0.101. The molecule has 0 unspecified atom stereocenters. The molecule has 1 amide bonds. The van der Waals surface area contributed by atoms with Crippen LogP contribution in [-0.4, -0.2) is 34.1 Å².